The number of benzene rings is 3. The summed E-state index contributed by atoms with van der Waals surface area (Å²) < 4.78 is 40.6. The lowest BCUT2D eigenvalue weighted by atomic mass is 10.2. The fraction of sp³-hybridized carbons (Fsp3) is 0.400. The second-order valence-corrected chi connectivity index (χ2v) is 13.3. The zero-order valence-electron chi connectivity index (χ0n) is 31.9. The van der Waals surface area contributed by atoms with Crippen LogP contribution in [0.15, 0.2) is 91.2 Å². The van der Waals surface area contributed by atoms with Crippen LogP contribution in [0.4, 0.5) is 0 Å². The normalized spacial score (nSPS) is 21.8. The number of carbonyl (C=O) groups excluding carboxylic acids is 3. The van der Waals surface area contributed by atoms with Crippen LogP contribution in [0.25, 0.3) is 32.9 Å². The number of aliphatic hydroxyl groups excluding tert-OH is 1. The number of nitrogens with one attached hydrogen (secondary N) is 4. The van der Waals surface area contributed by atoms with Crippen LogP contribution in [-0.2, 0) is 28.6 Å². The van der Waals surface area contributed by atoms with Crippen molar-refractivity contribution in [2.24, 2.45) is 0 Å². The molecule has 6 aromatic rings. The molecule has 0 unspecified atom stereocenters. The standard InChI is InChI=1S/2C13H14N2O4.C7H5NO2.C6H11NO3.CH4/c2*1-17-13(16)10-6-8(7-14-10)18-12-9-4-2-3-5-11(9)19-15-12;9-7-5-3-1-2-4-6(5)10-8-7;1-10-6(9)5-2-4(8)3-7-5;/h2*2-5,8,10,14H,6-7H2,1H3;1-4H,(H,8,9);4-5,7-8H,2-3H2,1H3;1H4/t2*8-,10+;;4-,5-;/m11.0./s1. The lowest BCUT2D eigenvalue weighted by Crippen LogP contribution is -2.31. The molecule has 0 saturated carbocycles. The maximum Gasteiger partial charge on any atom is 0.323 e. The molecule has 316 valence electrons. The minimum Gasteiger partial charge on any atom is -0.470 e. The van der Waals surface area contributed by atoms with Crippen molar-refractivity contribution >= 4 is 50.8 Å². The van der Waals surface area contributed by atoms with E-state index < -0.39 is 6.10 Å². The molecule has 0 aliphatic carbocycles. The van der Waals surface area contributed by atoms with E-state index in [9.17, 15) is 19.2 Å². The quantitative estimate of drug-likeness (QED) is 0.115. The molecule has 3 aromatic heterocycles. The molecule has 6 atom stereocenters. The molecule has 0 radical (unpaired) electrons. The number of esters is 3. The number of carbonyl (C=O) groups is 3. The molecular weight excluding hydrogens is 772 g/mol. The number of aromatic amines is 1. The van der Waals surface area contributed by atoms with Crippen molar-refractivity contribution in [1.29, 1.82) is 0 Å². The first-order chi connectivity index (χ1) is 28.2. The van der Waals surface area contributed by atoms with E-state index in [1.54, 1.807) is 18.2 Å². The minimum absolute atomic E-state index is 0. The van der Waals surface area contributed by atoms with Crippen LogP contribution in [0.2, 0.25) is 0 Å². The Kier molecular flexibility index (Phi) is 15.6. The average Bonchev–Trinajstić information content (AvgIpc) is 4.14. The first-order valence-electron chi connectivity index (χ1n) is 18.4. The van der Waals surface area contributed by atoms with E-state index in [0.717, 1.165) is 10.8 Å². The van der Waals surface area contributed by atoms with Gasteiger partial charge in [-0.15, -0.1) is 0 Å². The number of hydrogen-bond donors (Lipinski definition) is 5. The topological polar surface area (TPSA) is 252 Å². The molecule has 0 spiro atoms. The Hall–Kier alpha value is -6.28. The molecule has 3 aromatic carbocycles. The summed E-state index contributed by atoms with van der Waals surface area (Å²) >= 11 is 0. The summed E-state index contributed by atoms with van der Waals surface area (Å²) in [4.78, 5) is 44.4. The number of methoxy groups -OCH3 is 3. The largest absolute Gasteiger partial charge is 0.470 e. The van der Waals surface area contributed by atoms with Crippen molar-refractivity contribution in [2.45, 2.75) is 63.1 Å². The van der Waals surface area contributed by atoms with Gasteiger partial charge < -0.3 is 58.3 Å². The minimum atomic E-state index is -0.399. The van der Waals surface area contributed by atoms with Gasteiger partial charge in [-0.05, 0) is 46.7 Å². The van der Waals surface area contributed by atoms with E-state index in [0.29, 0.717) is 72.8 Å². The van der Waals surface area contributed by atoms with Crippen LogP contribution in [0, 0.1) is 0 Å². The molecule has 0 amide bonds. The van der Waals surface area contributed by atoms with E-state index in [4.69, 9.17) is 37.6 Å². The molecular formula is C40H48N6O13. The first-order valence-corrected chi connectivity index (χ1v) is 18.4. The lowest BCUT2D eigenvalue weighted by Gasteiger charge is -2.09. The number of aliphatic hydroxyl groups is 1. The molecule has 6 heterocycles. The van der Waals surface area contributed by atoms with Crippen molar-refractivity contribution in [3.8, 4) is 11.8 Å². The highest BCUT2D eigenvalue weighted by Crippen LogP contribution is 2.28. The number of rotatable bonds is 7. The van der Waals surface area contributed by atoms with Gasteiger partial charge in [-0.1, -0.05) is 43.8 Å². The van der Waals surface area contributed by atoms with Gasteiger partial charge in [0.1, 0.15) is 30.3 Å². The SMILES string of the molecule is C.COC(=O)[C@@H]1C[C@@H](Oc2noc3ccccc23)CN1.COC(=O)[C@@H]1C[C@@H](Oc2noc3ccccc23)CN1.COC(=O)[C@@H]1C[C@H](O)CN1.O=c1[nH]oc2ccccc12. The van der Waals surface area contributed by atoms with E-state index >= 15 is 0 Å². The summed E-state index contributed by atoms with van der Waals surface area (Å²) in [5.74, 6) is 0.101. The highest BCUT2D eigenvalue weighted by molar-refractivity contribution is 5.83. The van der Waals surface area contributed by atoms with Crippen molar-refractivity contribution < 1.29 is 56.7 Å². The Balaban J connectivity index is 0.000000155. The van der Waals surface area contributed by atoms with Gasteiger partial charge in [-0.25, -0.2) is 0 Å². The number of ether oxygens (including phenoxy) is 5. The fourth-order valence-electron chi connectivity index (χ4n) is 6.38. The van der Waals surface area contributed by atoms with Gasteiger partial charge in [-0.2, -0.15) is 5.16 Å². The average molecular weight is 821 g/mol. The molecule has 59 heavy (non-hydrogen) atoms. The Labute approximate surface area is 337 Å². The third kappa shape index (κ3) is 11.2. The summed E-state index contributed by atoms with van der Waals surface area (Å²) in [5, 5.41) is 30.3. The molecule has 19 nitrogen and oxygen atoms in total. The van der Waals surface area contributed by atoms with Gasteiger partial charge >= 0.3 is 17.9 Å². The Morgan fingerprint density at radius 1 is 0.610 bits per heavy atom. The van der Waals surface area contributed by atoms with Crippen LogP contribution in [0.5, 0.6) is 11.8 Å². The molecule has 19 heteroatoms. The van der Waals surface area contributed by atoms with Gasteiger partial charge in [0.2, 0.25) is 0 Å². The number of aromatic nitrogens is 3. The van der Waals surface area contributed by atoms with Crippen LogP contribution >= 0.6 is 0 Å². The maximum absolute atomic E-state index is 11.4. The van der Waals surface area contributed by atoms with Gasteiger partial charge in [0.05, 0.1) is 43.6 Å². The molecule has 3 fully saturated rings. The predicted octanol–water partition coefficient (Wildman–Crippen LogP) is 2.86. The molecule has 9 rings (SSSR count). The molecule has 3 aliphatic heterocycles. The Bertz CT molecular complexity index is 2230. The molecule has 0 bridgehead atoms. The third-order valence-corrected chi connectivity index (χ3v) is 9.38. The highest BCUT2D eigenvalue weighted by atomic mass is 16.6. The maximum atomic E-state index is 11.4. The Morgan fingerprint density at radius 3 is 1.44 bits per heavy atom. The van der Waals surface area contributed by atoms with Crippen molar-refractivity contribution in [3.05, 3.63) is 83.2 Å². The summed E-state index contributed by atoms with van der Waals surface area (Å²) in [7, 11) is 4.10. The summed E-state index contributed by atoms with van der Waals surface area (Å²) in [6.45, 7) is 1.65. The van der Waals surface area contributed by atoms with Gasteiger partial charge in [0, 0.05) is 38.9 Å². The van der Waals surface area contributed by atoms with Gasteiger partial charge in [0.15, 0.2) is 16.7 Å². The van der Waals surface area contributed by atoms with Crippen molar-refractivity contribution in [2.75, 3.05) is 41.0 Å². The summed E-state index contributed by atoms with van der Waals surface area (Å²) in [6, 6.07) is 21.1. The smallest absolute Gasteiger partial charge is 0.323 e. The third-order valence-electron chi connectivity index (χ3n) is 9.38. The molecule has 3 saturated heterocycles. The summed E-state index contributed by atoms with van der Waals surface area (Å²) in [6.07, 6.45) is 0.966. The number of hydrogen-bond acceptors (Lipinski definition) is 18. The van der Waals surface area contributed by atoms with Gasteiger partial charge in [-0.3, -0.25) is 19.2 Å². The fourth-order valence-corrected chi connectivity index (χ4v) is 6.38. The number of fused-ring (bicyclic) bond motifs is 3. The number of nitrogens with zero attached hydrogens (tertiary/aromatic N) is 2. The number of H-pyrrole nitrogens is 1. The molecule has 5 N–H and O–H groups in total. The monoisotopic (exact) mass is 820 g/mol. The second-order valence-electron chi connectivity index (χ2n) is 13.3. The lowest BCUT2D eigenvalue weighted by molar-refractivity contribution is -0.143. The van der Waals surface area contributed by atoms with E-state index in [2.05, 4.69) is 36.2 Å². The van der Waals surface area contributed by atoms with Crippen molar-refractivity contribution in [1.82, 2.24) is 31.4 Å². The van der Waals surface area contributed by atoms with Crippen molar-refractivity contribution in [3.63, 3.8) is 0 Å². The zero-order chi connectivity index (χ0) is 41.0. The van der Waals surface area contributed by atoms with Crippen LogP contribution in [-0.4, -0.2) is 116 Å². The van der Waals surface area contributed by atoms with Crippen LogP contribution < -0.4 is 31.0 Å². The second kappa shape index (κ2) is 20.9. The van der Waals surface area contributed by atoms with E-state index in [-0.39, 0.29) is 61.2 Å². The first kappa shape index (κ1) is 43.8. The van der Waals surface area contributed by atoms with Crippen LogP contribution in [0.3, 0.4) is 0 Å². The number of β-amino-alcohol motifs (C(OH)–C–C–N with tert-alkyl or cyclic N) is 1. The van der Waals surface area contributed by atoms with Crippen LogP contribution in [0.1, 0.15) is 26.7 Å². The molecule has 3 aliphatic rings. The summed E-state index contributed by atoms with van der Waals surface area (Å²) in [5.41, 5.74) is 1.81. The zero-order valence-corrected chi connectivity index (χ0v) is 31.9. The highest BCUT2D eigenvalue weighted by Gasteiger charge is 2.33. The van der Waals surface area contributed by atoms with E-state index in [1.165, 1.54) is 21.3 Å². The Morgan fingerprint density at radius 2 is 1.02 bits per heavy atom. The number of para-hydroxylation sites is 3. The van der Waals surface area contributed by atoms with Gasteiger partial charge in [0.25, 0.3) is 17.3 Å². The van der Waals surface area contributed by atoms with E-state index in [1.807, 2.05) is 54.6 Å². The predicted molar refractivity (Wildman–Crippen MR) is 212 cm³/mol.